The van der Waals surface area contributed by atoms with Crippen LogP contribution in [0.4, 0.5) is 5.82 Å². The second kappa shape index (κ2) is 5.25. The normalized spacial score (nSPS) is 10.0. The standard InChI is InChI=1S/C12H14N4O/c1-3-14-11-7-13-8-12(16-11)17-10-5-4-6-15-9(10)2/h4-8H,3H2,1-2H3,(H,14,16). The van der Waals surface area contributed by atoms with Crippen molar-refractivity contribution in [2.45, 2.75) is 13.8 Å². The first-order chi connectivity index (χ1) is 8.29. The topological polar surface area (TPSA) is 59.9 Å². The van der Waals surface area contributed by atoms with Crippen molar-refractivity contribution in [3.05, 3.63) is 36.4 Å². The molecule has 1 N–H and O–H groups in total. The first kappa shape index (κ1) is 11.3. The minimum atomic E-state index is 0.458. The molecule has 0 amide bonds. The predicted octanol–water partition coefficient (Wildman–Crippen LogP) is 2.40. The third kappa shape index (κ3) is 2.90. The minimum Gasteiger partial charge on any atom is -0.436 e. The van der Waals surface area contributed by atoms with Crippen LogP contribution in [0.1, 0.15) is 12.6 Å². The molecule has 5 nitrogen and oxygen atoms in total. The molecule has 0 fully saturated rings. The van der Waals surface area contributed by atoms with Crippen molar-refractivity contribution in [3.8, 4) is 11.6 Å². The van der Waals surface area contributed by atoms with E-state index in [0.29, 0.717) is 17.4 Å². The van der Waals surface area contributed by atoms with Gasteiger partial charge in [-0.1, -0.05) is 0 Å². The van der Waals surface area contributed by atoms with E-state index in [1.54, 1.807) is 18.6 Å². The summed E-state index contributed by atoms with van der Waals surface area (Å²) in [6, 6.07) is 3.67. The molecule has 2 aromatic heterocycles. The lowest BCUT2D eigenvalue weighted by molar-refractivity contribution is 0.454. The molecular formula is C12H14N4O. The molecule has 17 heavy (non-hydrogen) atoms. The van der Waals surface area contributed by atoms with E-state index >= 15 is 0 Å². The molecule has 0 aromatic carbocycles. The maximum atomic E-state index is 5.62. The fourth-order valence-corrected chi connectivity index (χ4v) is 1.35. The van der Waals surface area contributed by atoms with E-state index in [0.717, 1.165) is 12.2 Å². The summed E-state index contributed by atoms with van der Waals surface area (Å²) in [6.07, 6.45) is 4.96. The fraction of sp³-hybridized carbons (Fsp3) is 0.250. The van der Waals surface area contributed by atoms with Crippen LogP contribution in [0.2, 0.25) is 0 Å². The van der Waals surface area contributed by atoms with Gasteiger partial charge in [-0.3, -0.25) is 9.97 Å². The number of hydrogen-bond acceptors (Lipinski definition) is 5. The third-order valence-corrected chi connectivity index (χ3v) is 2.14. The van der Waals surface area contributed by atoms with Crippen LogP contribution in [-0.4, -0.2) is 21.5 Å². The van der Waals surface area contributed by atoms with E-state index in [1.165, 1.54) is 0 Å². The summed E-state index contributed by atoms with van der Waals surface area (Å²) in [7, 11) is 0. The van der Waals surface area contributed by atoms with Crippen LogP contribution in [0.5, 0.6) is 11.6 Å². The zero-order valence-electron chi connectivity index (χ0n) is 9.84. The first-order valence-corrected chi connectivity index (χ1v) is 5.45. The molecule has 0 aliphatic heterocycles. The summed E-state index contributed by atoms with van der Waals surface area (Å²) in [5.41, 5.74) is 0.822. The number of aryl methyl sites for hydroxylation is 1. The van der Waals surface area contributed by atoms with Gasteiger partial charge in [-0.25, -0.2) is 0 Å². The Labute approximate surface area is 99.9 Å². The monoisotopic (exact) mass is 230 g/mol. The average molecular weight is 230 g/mol. The molecule has 0 saturated carbocycles. The van der Waals surface area contributed by atoms with Crippen molar-refractivity contribution in [3.63, 3.8) is 0 Å². The highest BCUT2D eigenvalue weighted by atomic mass is 16.5. The maximum absolute atomic E-state index is 5.62. The molecule has 0 atom stereocenters. The minimum absolute atomic E-state index is 0.458. The molecule has 0 bridgehead atoms. The Bertz CT molecular complexity index is 501. The number of ether oxygens (including phenoxy) is 1. The van der Waals surface area contributed by atoms with Gasteiger partial charge >= 0.3 is 0 Å². The van der Waals surface area contributed by atoms with Gasteiger partial charge in [-0.2, -0.15) is 4.98 Å². The lowest BCUT2D eigenvalue weighted by atomic mass is 10.3. The second-order valence-electron chi connectivity index (χ2n) is 3.46. The van der Waals surface area contributed by atoms with Crippen LogP contribution in [0.3, 0.4) is 0 Å². The van der Waals surface area contributed by atoms with Gasteiger partial charge in [0.1, 0.15) is 5.82 Å². The molecule has 0 saturated heterocycles. The van der Waals surface area contributed by atoms with Gasteiger partial charge in [0.15, 0.2) is 5.75 Å². The molecular weight excluding hydrogens is 216 g/mol. The smallest absolute Gasteiger partial charge is 0.239 e. The van der Waals surface area contributed by atoms with E-state index in [-0.39, 0.29) is 0 Å². The van der Waals surface area contributed by atoms with E-state index < -0.39 is 0 Å². The zero-order valence-corrected chi connectivity index (χ0v) is 9.84. The van der Waals surface area contributed by atoms with Crippen molar-refractivity contribution in [1.29, 1.82) is 0 Å². The molecule has 0 spiro atoms. The van der Waals surface area contributed by atoms with E-state index in [4.69, 9.17) is 4.74 Å². The third-order valence-electron chi connectivity index (χ3n) is 2.14. The fourth-order valence-electron chi connectivity index (χ4n) is 1.35. The summed E-state index contributed by atoms with van der Waals surface area (Å²) in [4.78, 5) is 12.5. The number of rotatable bonds is 4. The molecule has 0 unspecified atom stereocenters. The van der Waals surface area contributed by atoms with Crippen molar-refractivity contribution in [1.82, 2.24) is 15.0 Å². The molecule has 88 valence electrons. The Morgan fingerprint density at radius 1 is 1.35 bits per heavy atom. The van der Waals surface area contributed by atoms with Crippen LogP contribution in [0.25, 0.3) is 0 Å². The number of anilines is 1. The Hall–Kier alpha value is -2.17. The molecule has 2 rings (SSSR count). The summed E-state index contributed by atoms with van der Waals surface area (Å²) in [5, 5.41) is 3.08. The molecule has 5 heteroatoms. The van der Waals surface area contributed by atoms with Crippen molar-refractivity contribution in [2.75, 3.05) is 11.9 Å². The Kier molecular flexibility index (Phi) is 3.49. The highest BCUT2D eigenvalue weighted by Crippen LogP contribution is 2.21. The van der Waals surface area contributed by atoms with Gasteiger partial charge in [0, 0.05) is 12.7 Å². The van der Waals surface area contributed by atoms with Gasteiger partial charge in [-0.05, 0) is 26.0 Å². The van der Waals surface area contributed by atoms with Crippen LogP contribution in [-0.2, 0) is 0 Å². The predicted molar refractivity (Wildman–Crippen MR) is 65.2 cm³/mol. The average Bonchev–Trinajstić information content (AvgIpc) is 2.33. The van der Waals surface area contributed by atoms with Crippen molar-refractivity contribution < 1.29 is 4.74 Å². The number of aromatic nitrogens is 3. The van der Waals surface area contributed by atoms with E-state index in [9.17, 15) is 0 Å². The largest absolute Gasteiger partial charge is 0.436 e. The molecule has 2 heterocycles. The molecule has 0 aliphatic rings. The quantitative estimate of drug-likeness (QED) is 0.873. The summed E-state index contributed by atoms with van der Waals surface area (Å²) in [6.45, 7) is 4.68. The number of nitrogens with one attached hydrogen (secondary N) is 1. The van der Waals surface area contributed by atoms with E-state index in [2.05, 4.69) is 20.3 Å². The Morgan fingerprint density at radius 3 is 3.00 bits per heavy atom. The van der Waals surface area contributed by atoms with Gasteiger partial charge in [0.05, 0.1) is 18.1 Å². The summed E-state index contributed by atoms with van der Waals surface area (Å²) >= 11 is 0. The van der Waals surface area contributed by atoms with Crippen LogP contribution < -0.4 is 10.1 Å². The Balaban J connectivity index is 2.18. The van der Waals surface area contributed by atoms with Gasteiger partial charge < -0.3 is 10.1 Å². The van der Waals surface area contributed by atoms with Gasteiger partial charge in [0.25, 0.3) is 0 Å². The summed E-state index contributed by atoms with van der Waals surface area (Å²) in [5.74, 6) is 1.85. The van der Waals surface area contributed by atoms with Crippen LogP contribution >= 0.6 is 0 Å². The summed E-state index contributed by atoms with van der Waals surface area (Å²) < 4.78 is 5.62. The number of hydrogen-bond donors (Lipinski definition) is 1. The lowest BCUT2D eigenvalue weighted by Gasteiger charge is -2.07. The van der Waals surface area contributed by atoms with E-state index in [1.807, 2.05) is 26.0 Å². The number of pyridine rings is 1. The van der Waals surface area contributed by atoms with Gasteiger partial charge in [0.2, 0.25) is 5.88 Å². The SMILES string of the molecule is CCNc1cncc(Oc2cccnc2C)n1. The molecule has 2 aromatic rings. The Morgan fingerprint density at radius 2 is 2.24 bits per heavy atom. The van der Waals surface area contributed by atoms with Gasteiger partial charge in [-0.15, -0.1) is 0 Å². The maximum Gasteiger partial charge on any atom is 0.239 e. The molecule has 0 aliphatic carbocycles. The lowest BCUT2D eigenvalue weighted by Crippen LogP contribution is -2.01. The van der Waals surface area contributed by atoms with Crippen molar-refractivity contribution in [2.24, 2.45) is 0 Å². The zero-order chi connectivity index (χ0) is 12.1. The number of nitrogens with zero attached hydrogens (tertiary/aromatic N) is 3. The van der Waals surface area contributed by atoms with Crippen molar-refractivity contribution >= 4 is 5.82 Å². The van der Waals surface area contributed by atoms with Crippen LogP contribution in [0, 0.1) is 6.92 Å². The highest BCUT2D eigenvalue weighted by Gasteiger charge is 2.03. The van der Waals surface area contributed by atoms with Crippen LogP contribution in [0.15, 0.2) is 30.7 Å². The highest BCUT2D eigenvalue weighted by molar-refractivity contribution is 5.35. The second-order valence-corrected chi connectivity index (χ2v) is 3.46. The molecule has 0 radical (unpaired) electrons. The first-order valence-electron chi connectivity index (χ1n) is 5.45.